The molecule has 1 aliphatic heterocycles. The third-order valence-corrected chi connectivity index (χ3v) is 4.47. The van der Waals surface area contributed by atoms with E-state index in [0.29, 0.717) is 5.92 Å². The van der Waals surface area contributed by atoms with Gasteiger partial charge in [-0.2, -0.15) is 0 Å². The van der Waals surface area contributed by atoms with Gasteiger partial charge in [-0.3, -0.25) is 4.99 Å². The molecule has 0 amide bonds. The molecule has 0 bridgehead atoms. The molecule has 140 valence electrons. The molecule has 0 spiro atoms. The third-order valence-electron chi connectivity index (χ3n) is 4.47. The molecule has 0 radical (unpaired) electrons. The summed E-state index contributed by atoms with van der Waals surface area (Å²) in [5.74, 6) is 1.57. The van der Waals surface area contributed by atoms with E-state index in [1.807, 2.05) is 6.92 Å². The number of unbranched alkanes of at least 4 members (excludes halogenated alkanes) is 1. The van der Waals surface area contributed by atoms with Crippen molar-refractivity contribution in [1.29, 1.82) is 0 Å². The molecule has 1 aromatic rings. The van der Waals surface area contributed by atoms with Gasteiger partial charge >= 0.3 is 0 Å². The Morgan fingerprint density at radius 2 is 2.04 bits per heavy atom. The van der Waals surface area contributed by atoms with E-state index in [9.17, 15) is 0 Å². The molecule has 1 heterocycles. The van der Waals surface area contributed by atoms with E-state index in [0.717, 1.165) is 64.7 Å². The molecule has 5 nitrogen and oxygen atoms in total. The first kappa shape index (κ1) is 19.6. The van der Waals surface area contributed by atoms with E-state index in [4.69, 9.17) is 9.73 Å². The highest BCUT2D eigenvalue weighted by Crippen LogP contribution is 2.23. The van der Waals surface area contributed by atoms with E-state index in [1.165, 1.54) is 12.1 Å². The molecule has 1 atom stereocenters. The number of para-hydroxylation sites is 1. The van der Waals surface area contributed by atoms with Crippen LogP contribution in [0.5, 0.6) is 0 Å². The number of rotatable bonds is 10. The lowest BCUT2D eigenvalue weighted by Gasteiger charge is -2.18. The highest BCUT2D eigenvalue weighted by atomic mass is 16.5. The molecular weight excluding hydrogens is 312 g/mol. The minimum Gasteiger partial charge on any atom is -0.382 e. The number of hydrogen-bond acceptors (Lipinski definition) is 3. The van der Waals surface area contributed by atoms with Gasteiger partial charge in [0.15, 0.2) is 5.96 Å². The summed E-state index contributed by atoms with van der Waals surface area (Å²) in [6.07, 6.45) is 3.41. The molecule has 5 heteroatoms. The van der Waals surface area contributed by atoms with Crippen LogP contribution >= 0.6 is 0 Å². The van der Waals surface area contributed by atoms with Crippen molar-refractivity contribution < 1.29 is 4.74 Å². The van der Waals surface area contributed by atoms with Crippen LogP contribution in [0.2, 0.25) is 0 Å². The Balaban J connectivity index is 1.71. The summed E-state index contributed by atoms with van der Waals surface area (Å²) in [7, 11) is 0. The summed E-state index contributed by atoms with van der Waals surface area (Å²) in [4.78, 5) is 7.26. The Hall–Kier alpha value is -1.75. The number of nitrogens with one attached hydrogen (secondary N) is 2. The molecule has 1 aliphatic rings. The van der Waals surface area contributed by atoms with Crippen molar-refractivity contribution in [2.24, 2.45) is 10.9 Å². The number of aliphatic imine (C=N–C) groups is 1. The van der Waals surface area contributed by atoms with Crippen LogP contribution in [0.3, 0.4) is 0 Å². The minimum atomic E-state index is 0.633. The fourth-order valence-electron chi connectivity index (χ4n) is 3.10. The van der Waals surface area contributed by atoms with Gasteiger partial charge in [0.2, 0.25) is 0 Å². The van der Waals surface area contributed by atoms with Gasteiger partial charge in [-0.15, -0.1) is 0 Å². The van der Waals surface area contributed by atoms with Gasteiger partial charge in [-0.05, 0) is 51.2 Å². The number of anilines is 1. The Morgan fingerprint density at radius 1 is 1.20 bits per heavy atom. The van der Waals surface area contributed by atoms with E-state index in [2.05, 4.69) is 52.8 Å². The molecule has 2 rings (SSSR count). The minimum absolute atomic E-state index is 0.633. The zero-order valence-electron chi connectivity index (χ0n) is 15.8. The average Bonchev–Trinajstić information content (AvgIpc) is 3.12. The van der Waals surface area contributed by atoms with Crippen LogP contribution in [0.15, 0.2) is 35.3 Å². The van der Waals surface area contributed by atoms with Gasteiger partial charge < -0.3 is 20.3 Å². The Labute approximate surface area is 152 Å². The topological polar surface area (TPSA) is 48.9 Å². The van der Waals surface area contributed by atoms with E-state index < -0.39 is 0 Å². The fourth-order valence-corrected chi connectivity index (χ4v) is 3.10. The second kappa shape index (κ2) is 11.7. The summed E-state index contributed by atoms with van der Waals surface area (Å²) >= 11 is 0. The molecule has 25 heavy (non-hydrogen) atoms. The first-order chi connectivity index (χ1) is 12.3. The number of ether oxygens (including phenoxy) is 1. The van der Waals surface area contributed by atoms with Gasteiger partial charge in [0.25, 0.3) is 0 Å². The average molecular weight is 347 g/mol. The SMILES string of the molecule is CCNC(=NCC1CCN(c2ccccc2)C1)NCCCCOCC. The van der Waals surface area contributed by atoms with Crippen molar-refractivity contribution in [3.8, 4) is 0 Å². The lowest BCUT2D eigenvalue weighted by Crippen LogP contribution is -2.38. The molecular formula is C20H34N4O. The maximum atomic E-state index is 5.37. The third kappa shape index (κ3) is 7.34. The fraction of sp³-hybridized carbons (Fsp3) is 0.650. The van der Waals surface area contributed by atoms with Crippen molar-refractivity contribution in [1.82, 2.24) is 10.6 Å². The number of guanidine groups is 1. The highest BCUT2D eigenvalue weighted by Gasteiger charge is 2.22. The number of benzene rings is 1. The van der Waals surface area contributed by atoms with E-state index >= 15 is 0 Å². The van der Waals surface area contributed by atoms with Gasteiger partial charge in [0, 0.05) is 51.6 Å². The smallest absolute Gasteiger partial charge is 0.191 e. The number of nitrogens with zero attached hydrogens (tertiary/aromatic N) is 2. The second-order valence-electron chi connectivity index (χ2n) is 6.49. The van der Waals surface area contributed by atoms with Crippen LogP contribution in [0, 0.1) is 5.92 Å². The quantitative estimate of drug-likeness (QED) is 0.389. The van der Waals surface area contributed by atoms with Gasteiger partial charge in [0.1, 0.15) is 0 Å². The Morgan fingerprint density at radius 3 is 2.80 bits per heavy atom. The summed E-state index contributed by atoms with van der Waals surface area (Å²) in [5, 5.41) is 6.78. The van der Waals surface area contributed by atoms with E-state index in [1.54, 1.807) is 0 Å². The normalized spacial score (nSPS) is 17.8. The molecule has 1 unspecified atom stereocenters. The maximum absolute atomic E-state index is 5.37. The number of hydrogen-bond donors (Lipinski definition) is 2. The summed E-state index contributed by atoms with van der Waals surface area (Å²) in [5.41, 5.74) is 1.33. The summed E-state index contributed by atoms with van der Waals surface area (Å²) in [6.45, 7) is 10.8. The monoisotopic (exact) mass is 346 g/mol. The van der Waals surface area contributed by atoms with Crippen LogP contribution in [-0.2, 0) is 4.74 Å². The summed E-state index contributed by atoms with van der Waals surface area (Å²) < 4.78 is 5.37. The van der Waals surface area contributed by atoms with Crippen LogP contribution in [-0.4, -0.2) is 51.9 Å². The van der Waals surface area contributed by atoms with Crippen molar-refractivity contribution in [2.75, 3.05) is 50.8 Å². The predicted octanol–water partition coefficient (Wildman–Crippen LogP) is 2.88. The molecule has 0 aliphatic carbocycles. The second-order valence-corrected chi connectivity index (χ2v) is 6.49. The molecule has 2 N–H and O–H groups in total. The highest BCUT2D eigenvalue weighted by molar-refractivity contribution is 5.79. The van der Waals surface area contributed by atoms with Gasteiger partial charge in [0.05, 0.1) is 0 Å². The van der Waals surface area contributed by atoms with Gasteiger partial charge in [-0.25, -0.2) is 0 Å². The molecule has 1 fully saturated rings. The first-order valence-corrected chi connectivity index (χ1v) is 9.73. The molecule has 1 saturated heterocycles. The molecule has 0 saturated carbocycles. The standard InChI is InChI=1S/C20H34N4O/c1-3-21-20(22-13-8-9-15-25-4-2)23-16-18-12-14-24(17-18)19-10-6-5-7-11-19/h5-7,10-11,18H,3-4,8-9,12-17H2,1-2H3,(H2,21,22,23). The molecule has 0 aromatic heterocycles. The largest absolute Gasteiger partial charge is 0.382 e. The van der Waals surface area contributed by atoms with Gasteiger partial charge in [-0.1, -0.05) is 18.2 Å². The lowest BCUT2D eigenvalue weighted by molar-refractivity contribution is 0.143. The maximum Gasteiger partial charge on any atom is 0.191 e. The Bertz CT molecular complexity index is 492. The Kier molecular flexibility index (Phi) is 9.19. The first-order valence-electron chi connectivity index (χ1n) is 9.73. The zero-order valence-corrected chi connectivity index (χ0v) is 15.8. The van der Waals surface area contributed by atoms with Crippen molar-refractivity contribution in [3.63, 3.8) is 0 Å². The lowest BCUT2D eigenvalue weighted by atomic mass is 10.1. The van der Waals surface area contributed by atoms with Crippen molar-refractivity contribution >= 4 is 11.6 Å². The zero-order chi connectivity index (χ0) is 17.7. The van der Waals surface area contributed by atoms with Crippen molar-refractivity contribution in [3.05, 3.63) is 30.3 Å². The van der Waals surface area contributed by atoms with Crippen molar-refractivity contribution in [2.45, 2.75) is 33.1 Å². The van der Waals surface area contributed by atoms with E-state index in [-0.39, 0.29) is 0 Å². The predicted molar refractivity (Wildman–Crippen MR) is 106 cm³/mol. The van der Waals surface area contributed by atoms with Crippen LogP contribution in [0.1, 0.15) is 33.1 Å². The van der Waals surface area contributed by atoms with Crippen LogP contribution in [0.4, 0.5) is 5.69 Å². The summed E-state index contributed by atoms with van der Waals surface area (Å²) in [6, 6.07) is 10.7. The van der Waals surface area contributed by atoms with Crippen LogP contribution in [0.25, 0.3) is 0 Å². The van der Waals surface area contributed by atoms with Crippen LogP contribution < -0.4 is 15.5 Å². The molecule has 1 aromatic carbocycles.